The van der Waals surface area contributed by atoms with Gasteiger partial charge in [0.25, 0.3) is 0 Å². The zero-order valence-corrected chi connectivity index (χ0v) is 11.8. The Labute approximate surface area is 107 Å². The highest BCUT2D eigenvalue weighted by Crippen LogP contribution is 2.34. The van der Waals surface area contributed by atoms with Gasteiger partial charge >= 0.3 is 0 Å². The lowest BCUT2D eigenvalue weighted by atomic mass is 9.79. The molecule has 1 unspecified atom stereocenters. The molecule has 2 nitrogen and oxygen atoms in total. The lowest BCUT2D eigenvalue weighted by Crippen LogP contribution is -2.52. The summed E-state index contributed by atoms with van der Waals surface area (Å²) in [6.07, 6.45) is 9.87. The van der Waals surface area contributed by atoms with E-state index in [2.05, 4.69) is 18.7 Å². The molecule has 0 aromatic carbocycles. The summed E-state index contributed by atoms with van der Waals surface area (Å²) in [5.41, 5.74) is 6.58. The molecule has 100 valence electrons. The SMILES string of the molecule is CC1(C)CCCN(C(CN)C2CCCCC2)C1. The van der Waals surface area contributed by atoms with Crippen LogP contribution in [0.3, 0.4) is 0 Å². The summed E-state index contributed by atoms with van der Waals surface area (Å²) >= 11 is 0. The molecule has 0 aromatic heterocycles. The highest BCUT2D eigenvalue weighted by Gasteiger charge is 2.33. The smallest absolute Gasteiger partial charge is 0.0246 e. The van der Waals surface area contributed by atoms with Gasteiger partial charge in [0.1, 0.15) is 0 Å². The summed E-state index contributed by atoms with van der Waals surface area (Å²) in [5.74, 6) is 0.877. The third kappa shape index (κ3) is 3.45. The molecule has 2 heteroatoms. The van der Waals surface area contributed by atoms with Crippen LogP contribution in [0.4, 0.5) is 0 Å². The van der Waals surface area contributed by atoms with Crippen molar-refractivity contribution in [2.45, 2.75) is 64.8 Å². The first-order valence-corrected chi connectivity index (χ1v) is 7.56. The van der Waals surface area contributed by atoms with Gasteiger partial charge in [0.05, 0.1) is 0 Å². The minimum absolute atomic E-state index is 0.500. The average molecular weight is 238 g/mol. The molecule has 1 saturated heterocycles. The van der Waals surface area contributed by atoms with Crippen molar-refractivity contribution in [3.8, 4) is 0 Å². The van der Waals surface area contributed by atoms with Crippen LogP contribution in [0.5, 0.6) is 0 Å². The van der Waals surface area contributed by atoms with Crippen LogP contribution < -0.4 is 5.73 Å². The number of hydrogen-bond acceptors (Lipinski definition) is 2. The predicted octanol–water partition coefficient (Wildman–Crippen LogP) is 3.02. The number of hydrogen-bond donors (Lipinski definition) is 1. The number of nitrogens with two attached hydrogens (primary N) is 1. The fraction of sp³-hybridized carbons (Fsp3) is 1.00. The molecule has 1 aliphatic carbocycles. The van der Waals surface area contributed by atoms with Crippen molar-refractivity contribution < 1.29 is 0 Å². The molecule has 0 bridgehead atoms. The molecule has 0 aromatic rings. The van der Waals surface area contributed by atoms with E-state index in [1.807, 2.05) is 0 Å². The van der Waals surface area contributed by atoms with Crippen molar-refractivity contribution in [3.05, 3.63) is 0 Å². The second-order valence-corrected chi connectivity index (χ2v) is 6.94. The average Bonchev–Trinajstić information content (AvgIpc) is 2.30. The van der Waals surface area contributed by atoms with Crippen molar-refractivity contribution in [2.24, 2.45) is 17.1 Å². The molecule has 17 heavy (non-hydrogen) atoms. The van der Waals surface area contributed by atoms with E-state index in [4.69, 9.17) is 5.73 Å². The van der Waals surface area contributed by atoms with Crippen LogP contribution >= 0.6 is 0 Å². The van der Waals surface area contributed by atoms with E-state index in [0.717, 1.165) is 12.5 Å². The molecular weight excluding hydrogens is 208 g/mol. The van der Waals surface area contributed by atoms with Crippen molar-refractivity contribution >= 4 is 0 Å². The third-order valence-electron chi connectivity index (χ3n) is 4.83. The van der Waals surface area contributed by atoms with E-state index in [-0.39, 0.29) is 0 Å². The van der Waals surface area contributed by atoms with Crippen LogP contribution in [0.25, 0.3) is 0 Å². The minimum atomic E-state index is 0.500. The summed E-state index contributed by atoms with van der Waals surface area (Å²) in [6.45, 7) is 8.22. The molecular formula is C15H30N2. The van der Waals surface area contributed by atoms with Gasteiger partial charge in [0.2, 0.25) is 0 Å². The fourth-order valence-electron chi connectivity index (χ4n) is 3.91. The first kappa shape index (κ1) is 13.4. The summed E-state index contributed by atoms with van der Waals surface area (Å²) in [5, 5.41) is 0. The van der Waals surface area contributed by atoms with Gasteiger partial charge in [-0.1, -0.05) is 33.1 Å². The van der Waals surface area contributed by atoms with Crippen molar-refractivity contribution in [1.29, 1.82) is 0 Å². The van der Waals surface area contributed by atoms with Gasteiger partial charge in [-0.05, 0) is 43.6 Å². The van der Waals surface area contributed by atoms with Gasteiger partial charge < -0.3 is 5.73 Å². The maximum Gasteiger partial charge on any atom is 0.0246 e. The molecule has 2 aliphatic rings. The fourth-order valence-corrected chi connectivity index (χ4v) is 3.91. The highest BCUT2D eigenvalue weighted by atomic mass is 15.2. The number of likely N-dealkylation sites (tertiary alicyclic amines) is 1. The molecule has 1 aliphatic heterocycles. The monoisotopic (exact) mass is 238 g/mol. The summed E-state index contributed by atoms with van der Waals surface area (Å²) in [7, 11) is 0. The minimum Gasteiger partial charge on any atom is -0.329 e. The second kappa shape index (κ2) is 5.71. The van der Waals surface area contributed by atoms with Gasteiger partial charge in [-0.15, -0.1) is 0 Å². The third-order valence-corrected chi connectivity index (χ3v) is 4.83. The summed E-state index contributed by atoms with van der Waals surface area (Å²) in [4.78, 5) is 2.71. The molecule has 0 spiro atoms. The van der Waals surface area contributed by atoms with Crippen LogP contribution in [0.2, 0.25) is 0 Å². The zero-order valence-electron chi connectivity index (χ0n) is 11.8. The number of rotatable bonds is 3. The first-order valence-electron chi connectivity index (χ1n) is 7.56. The highest BCUT2D eigenvalue weighted by molar-refractivity contribution is 4.88. The Morgan fingerprint density at radius 3 is 2.47 bits per heavy atom. The van der Waals surface area contributed by atoms with E-state index in [9.17, 15) is 0 Å². The van der Waals surface area contributed by atoms with Crippen LogP contribution in [-0.2, 0) is 0 Å². The molecule has 2 rings (SSSR count). The van der Waals surface area contributed by atoms with Gasteiger partial charge in [0.15, 0.2) is 0 Å². The molecule has 1 heterocycles. The molecule has 0 amide bonds. The Hall–Kier alpha value is -0.0800. The molecule has 0 radical (unpaired) electrons. The van der Waals surface area contributed by atoms with E-state index < -0.39 is 0 Å². The summed E-state index contributed by atoms with van der Waals surface area (Å²) < 4.78 is 0. The van der Waals surface area contributed by atoms with E-state index >= 15 is 0 Å². The Bertz CT molecular complexity index is 231. The van der Waals surface area contributed by atoms with Gasteiger partial charge in [-0.3, -0.25) is 4.90 Å². The summed E-state index contributed by atoms with van der Waals surface area (Å²) in [6, 6.07) is 0.662. The molecule has 2 N–H and O–H groups in total. The Morgan fingerprint density at radius 2 is 1.88 bits per heavy atom. The lowest BCUT2D eigenvalue weighted by Gasteiger charge is -2.45. The van der Waals surface area contributed by atoms with E-state index in [1.54, 1.807) is 0 Å². The Morgan fingerprint density at radius 1 is 1.18 bits per heavy atom. The number of nitrogens with zero attached hydrogens (tertiary/aromatic N) is 1. The van der Waals surface area contributed by atoms with Crippen LogP contribution in [-0.4, -0.2) is 30.6 Å². The largest absolute Gasteiger partial charge is 0.329 e. The molecule has 1 atom stereocenters. The van der Waals surface area contributed by atoms with Crippen LogP contribution in [0, 0.1) is 11.3 Å². The van der Waals surface area contributed by atoms with E-state index in [0.29, 0.717) is 11.5 Å². The Kier molecular flexibility index (Phi) is 4.48. The maximum atomic E-state index is 6.08. The number of piperidine rings is 1. The molecule has 2 fully saturated rings. The standard InChI is InChI=1S/C15H30N2/c1-15(2)9-6-10-17(12-15)14(11-16)13-7-4-3-5-8-13/h13-14H,3-12,16H2,1-2H3. The van der Waals surface area contributed by atoms with Crippen LogP contribution in [0.15, 0.2) is 0 Å². The lowest BCUT2D eigenvalue weighted by molar-refractivity contribution is 0.0456. The van der Waals surface area contributed by atoms with Gasteiger partial charge in [0, 0.05) is 19.1 Å². The van der Waals surface area contributed by atoms with Crippen LogP contribution in [0.1, 0.15) is 58.8 Å². The van der Waals surface area contributed by atoms with Gasteiger partial charge in [-0.25, -0.2) is 0 Å². The second-order valence-electron chi connectivity index (χ2n) is 6.94. The Balaban J connectivity index is 1.96. The molecule has 1 saturated carbocycles. The maximum absolute atomic E-state index is 6.08. The van der Waals surface area contributed by atoms with Crippen molar-refractivity contribution in [2.75, 3.05) is 19.6 Å². The van der Waals surface area contributed by atoms with Crippen molar-refractivity contribution in [1.82, 2.24) is 4.90 Å². The first-order chi connectivity index (χ1) is 8.12. The zero-order chi connectivity index (χ0) is 12.3. The van der Waals surface area contributed by atoms with Crippen molar-refractivity contribution in [3.63, 3.8) is 0 Å². The topological polar surface area (TPSA) is 29.3 Å². The van der Waals surface area contributed by atoms with Gasteiger partial charge in [-0.2, -0.15) is 0 Å². The van der Waals surface area contributed by atoms with E-state index in [1.165, 1.54) is 58.0 Å². The predicted molar refractivity (Wildman–Crippen MR) is 74.0 cm³/mol. The normalized spacial score (nSPS) is 29.1. The quantitative estimate of drug-likeness (QED) is 0.819.